The third-order valence-electron chi connectivity index (χ3n) is 15.9. The topological polar surface area (TPSA) is 204 Å². The van der Waals surface area contributed by atoms with Gasteiger partial charge >= 0.3 is 0 Å². The molecular weight excluding hydrogens is 1110 g/mol. The zero-order chi connectivity index (χ0) is 63.3. The summed E-state index contributed by atoms with van der Waals surface area (Å²) in [6, 6.07) is 24.2. The predicted octanol–water partition coefficient (Wildman–Crippen LogP) is 5.81. The maximum absolute atomic E-state index is 13.2. The largest absolute Gasteiger partial charge is 0.497 e. The lowest BCUT2D eigenvalue weighted by Crippen LogP contribution is -2.52. The number of amides is 1. The molecule has 87 heavy (non-hydrogen) atoms. The molecule has 474 valence electrons. The normalized spacial score (nSPS) is 19.6. The molecule has 19 nitrogen and oxygen atoms in total. The molecule has 2 atom stereocenters. The Balaban J connectivity index is 0.000000183. The van der Waals surface area contributed by atoms with Crippen molar-refractivity contribution in [1.82, 2.24) is 40.2 Å². The van der Waals surface area contributed by atoms with Crippen molar-refractivity contribution >= 4 is 23.6 Å². The van der Waals surface area contributed by atoms with E-state index in [-0.39, 0.29) is 39.5 Å². The van der Waals surface area contributed by atoms with Crippen LogP contribution in [0.4, 0.5) is 20.2 Å². The predicted molar refractivity (Wildman–Crippen MR) is 339 cm³/mol. The number of benzene rings is 3. The highest BCUT2D eigenvalue weighted by molar-refractivity contribution is 5.97. The van der Waals surface area contributed by atoms with Gasteiger partial charge in [0.15, 0.2) is 0 Å². The number of nitrogens with zero attached hydrogens (tertiary/aromatic N) is 7. The Kier molecular flexibility index (Phi) is 26.6. The highest BCUT2D eigenvalue weighted by Crippen LogP contribution is 2.40. The SMILES string of the molecule is CC1CN(CC(=O)N2CC(C)(C)c3[nH]c(=O)c(Cc4ccc(F)cc4)cc32)CCN1.CC1CN(CC=O)CCN1.CN1CC(C)(C)c2[nH]c(=O)c(Cc3ccc(F)cc3)cc21.CN1CCOCC1.CN1CCOCC1.COc1ccc(C#N)c(OC)c1. The number of ether oxygens (including phenoxy) is 4. The fraction of sp³-hybridized carbons (Fsp3) is 0.530. The minimum atomic E-state index is -0.324. The lowest BCUT2D eigenvalue weighted by Gasteiger charge is -2.32. The second-order valence-corrected chi connectivity index (χ2v) is 24.4. The number of morpholine rings is 2. The Bertz CT molecular complexity index is 3120. The van der Waals surface area contributed by atoms with Crippen LogP contribution in [-0.4, -0.2) is 207 Å². The lowest BCUT2D eigenvalue weighted by atomic mass is 9.91. The Labute approximate surface area is 512 Å². The van der Waals surface area contributed by atoms with Crippen LogP contribution in [0, 0.1) is 23.0 Å². The van der Waals surface area contributed by atoms with E-state index in [4.69, 9.17) is 24.2 Å². The number of aromatic nitrogens is 2. The number of likely N-dealkylation sites (N-methyl/N-ethyl adjacent to an activating group) is 3. The van der Waals surface area contributed by atoms with Crippen LogP contribution in [0.3, 0.4) is 0 Å². The molecule has 0 spiro atoms. The van der Waals surface area contributed by atoms with Gasteiger partial charge in [0.1, 0.15) is 35.5 Å². The molecule has 2 aromatic heterocycles. The zero-order valence-corrected chi connectivity index (χ0v) is 53.0. The van der Waals surface area contributed by atoms with E-state index in [1.807, 2.05) is 44.0 Å². The van der Waals surface area contributed by atoms with Crippen molar-refractivity contribution in [2.75, 3.05) is 163 Å². The van der Waals surface area contributed by atoms with E-state index in [0.717, 1.165) is 139 Å². The van der Waals surface area contributed by atoms with Gasteiger partial charge in [-0.3, -0.25) is 24.2 Å². The number of carbonyl (C=O) groups is 2. The smallest absolute Gasteiger partial charge is 0.251 e. The summed E-state index contributed by atoms with van der Waals surface area (Å²) in [5, 5.41) is 15.3. The lowest BCUT2D eigenvalue weighted by molar-refractivity contribution is -0.120. The van der Waals surface area contributed by atoms with Gasteiger partial charge in [0.05, 0.1) is 70.7 Å². The van der Waals surface area contributed by atoms with Crippen LogP contribution in [0.2, 0.25) is 0 Å². The van der Waals surface area contributed by atoms with Crippen LogP contribution in [0.15, 0.2) is 88.5 Å². The second-order valence-electron chi connectivity index (χ2n) is 24.4. The number of nitriles is 1. The van der Waals surface area contributed by atoms with Crippen molar-refractivity contribution in [3.05, 3.63) is 150 Å². The number of nitrogens with one attached hydrogen (secondary N) is 4. The second kappa shape index (κ2) is 33.5. The van der Waals surface area contributed by atoms with Crippen LogP contribution in [0.5, 0.6) is 11.5 Å². The van der Waals surface area contributed by atoms with Gasteiger partial charge < -0.3 is 63.9 Å². The van der Waals surface area contributed by atoms with Gasteiger partial charge in [-0.2, -0.15) is 5.26 Å². The van der Waals surface area contributed by atoms with Crippen LogP contribution < -0.4 is 41.0 Å². The Hall–Kier alpha value is -6.87. The highest BCUT2D eigenvalue weighted by Gasteiger charge is 2.40. The number of anilines is 2. The first-order valence-corrected chi connectivity index (χ1v) is 30.1. The molecule has 8 heterocycles. The Morgan fingerprint density at radius 1 is 0.667 bits per heavy atom. The number of methoxy groups -OCH3 is 2. The minimum absolute atomic E-state index is 0.0440. The molecule has 6 aliphatic rings. The summed E-state index contributed by atoms with van der Waals surface area (Å²) in [5.41, 5.74) is 6.67. The molecule has 21 heteroatoms. The third-order valence-corrected chi connectivity index (χ3v) is 15.9. The summed E-state index contributed by atoms with van der Waals surface area (Å²) in [4.78, 5) is 67.2. The molecule has 0 radical (unpaired) electrons. The quantitative estimate of drug-likeness (QED) is 0.122. The van der Waals surface area contributed by atoms with Crippen LogP contribution in [0.1, 0.15) is 80.7 Å². The van der Waals surface area contributed by atoms with Crippen molar-refractivity contribution in [2.45, 2.75) is 77.3 Å². The maximum Gasteiger partial charge on any atom is 0.251 e. The summed E-state index contributed by atoms with van der Waals surface area (Å²) in [7, 11) is 9.36. The fourth-order valence-electron chi connectivity index (χ4n) is 11.0. The molecule has 0 saturated carbocycles. The number of rotatable bonds is 10. The molecule has 4 fully saturated rings. The van der Waals surface area contributed by atoms with E-state index < -0.39 is 0 Å². The number of piperazine rings is 2. The third kappa shape index (κ3) is 21.2. The highest BCUT2D eigenvalue weighted by atomic mass is 19.1. The average molecular weight is 1210 g/mol. The molecule has 4 saturated heterocycles. The molecule has 0 aliphatic carbocycles. The van der Waals surface area contributed by atoms with Gasteiger partial charge in [0.25, 0.3) is 11.1 Å². The number of halogens is 2. The van der Waals surface area contributed by atoms with Gasteiger partial charge in [-0.05, 0) is 87.6 Å². The zero-order valence-electron chi connectivity index (χ0n) is 53.0. The Morgan fingerprint density at radius 2 is 1.14 bits per heavy atom. The number of H-pyrrole nitrogens is 2. The number of pyridine rings is 2. The number of hydrogen-bond donors (Lipinski definition) is 4. The molecular formula is C66H93F2N11O8. The summed E-state index contributed by atoms with van der Waals surface area (Å²) < 4.78 is 46.3. The molecule has 2 unspecified atom stereocenters. The van der Waals surface area contributed by atoms with Gasteiger partial charge in [0, 0.05) is 150 Å². The van der Waals surface area contributed by atoms with E-state index in [1.165, 1.54) is 31.4 Å². The number of fused-ring (bicyclic) bond motifs is 2. The van der Waals surface area contributed by atoms with E-state index in [1.54, 1.807) is 49.6 Å². The summed E-state index contributed by atoms with van der Waals surface area (Å²) in [6.45, 7) is 28.6. The maximum atomic E-state index is 13.2. The van der Waals surface area contributed by atoms with Crippen molar-refractivity contribution in [2.24, 2.45) is 0 Å². The van der Waals surface area contributed by atoms with Crippen molar-refractivity contribution < 1.29 is 37.3 Å². The summed E-state index contributed by atoms with van der Waals surface area (Å²) >= 11 is 0. The van der Waals surface area contributed by atoms with Crippen molar-refractivity contribution in [3.8, 4) is 17.6 Å². The van der Waals surface area contributed by atoms with Gasteiger partial charge in [-0.15, -0.1) is 0 Å². The number of hydrogen-bond acceptors (Lipinski definition) is 16. The van der Waals surface area contributed by atoms with Crippen LogP contribution in [0.25, 0.3) is 0 Å². The number of aldehydes is 1. The molecule has 4 N–H and O–H groups in total. The van der Waals surface area contributed by atoms with Gasteiger partial charge in [0.2, 0.25) is 5.91 Å². The number of aromatic amines is 2. The standard InChI is InChI=1S/C23H29FN4O2.C17H19FN2O.C9H9NO2.C7H14N2O.2C5H11NO/c1-15-12-27(9-8-25-15)13-20(29)28-14-23(2,3)21-19(28)11-17(22(30)26-21)10-16-4-6-18(24)7-5-16;1-17(2)10-20(3)14-9-12(16(21)19-15(14)17)8-11-4-6-13(18)7-5-11;1-11-8-4-3-7(6-10)9(5-8)12-2;1-7-6-9(4-5-10)3-2-8-7;2*1-6-2-4-7-5-3-6/h4-7,11,15,25H,8-10,12-14H2,1-3H3,(H,26,30);4-7,9H,8,10H2,1-3H3,(H,19,21);3-5H,1-2H3;5,7-8H,2-4,6H2,1H3;2*2-5H2,1H3. The molecule has 5 aromatic rings. The number of carbonyl (C=O) groups excluding carboxylic acids is 2. The van der Waals surface area contributed by atoms with E-state index in [9.17, 15) is 28.0 Å². The van der Waals surface area contributed by atoms with E-state index in [2.05, 4.69) is 86.9 Å². The van der Waals surface area contributed by atoms with Crippen LogP contribution in [-0.2, 0) is 42.7 Å². The van der Waals surface area contributed by atoms with Crippen molar-refractivity contribution in [1.29, 1.82) is 5.26 Å². The first kappa shape index (κ1) is 69.2. The van der Waals surface area contributed by atoms with Crippen LogP contribution >= 0.6 is 0 Å². The van der Waals surface area contributed by atoms with E-state index >= 15 is 0 Å². The first-order valence-electron chi connectivity index (χ1n) is 30.1. The first-order chi connectivity index (χ1) is 41.5. The Morgan fingerprint density at radius 3 is 1.59 bits per heavy atom. The molecule has 11 rings (SSSR count). The van der Waals surface area contributed by atoms with Gasteiger partial charge in [-0.25, -0.2) is 8.78 Å². The molecule has 0 bridgehead atoms. The fourth-order valence-corrected chi connectivity index (χ4v) is 11.0. The van der Waals surface area contributed by atoms with Crippen molar-refractivity contribution in [3.63, 3.8) is 0 Å². The molecule has 6 aliphatic heterocycles. The molecule has 1 amide bonds. The van der Waals surface area contributed by atoms with Gasteiger partial charge in [-0.1, -0.05) is 52.0 Å². The average Bonchev–Trinajstić information content (AvgIpc) is 2.10. The van der Waals surface area contributed by atoms with E-state index in [0.29, 0.717) is 72.7 Å². The summed E-state index contributed by atoms with van der Waals surface area (Å²) in [6.07, 6.45) is 1.87. The minimum Gasteiger partial charge on any atom is -0.497 e. The summed E-state index contributed by atoms with van der Waals surface area (Å²) in [5.74, 6) is 0.712. The molecule has 3 aromatic carbocycles. The monoisotopic (exact) mass is 1210 g/mol.